The van der Waals surface area contributed by atoms with Gasteiger partial charge in [-0.1, -0.05) is 6.92 Å². The van der Waals surface area contributed by atoms with Crippen LogP contribution in [0.1, 0.15) is 39.0 Å². The number of amides is 1. The Kier molecular flexibility index (Phi) is 7.47. The number of likely N-dealkylation sites (tertiary alicyclic amines) is 1. The van der Waals surface area contributed by atoms with Crippen LogP contribution in [0.3, 0.4) is 0 Å². The van der Waals surface area contributed by atoms with Crippen LogP contribution < -0.4 is 5.32 Å². The third-order valence-corrected chi connectivity index (χ3v) is 4.50. The Morgan fingerprint density at radius 3 is 2.76 bits per heavy atom. The first-order valence-corrected chi connectivity index (χ1v) is 8.61. The molecule has 5 heteroatoms. The average molecular weight is 297 g/mol. The quantitative estimate of drug-likeness (QED) is 0.797. The lowest BCUT2D eigenvalue weighted by Crippen LogP contribution is -2.42. The molecule has 21 heavy (non-hydrogen) atoms. The average Bonchev–Trinajstić information content (AvgIpc) is 2.74. The second-order valence-corrected chi connectivity index (χ2v) is 6.17. The molecule has 1 amide bonds. The highest BCUT2D eigenvalue weighted by Gasteiger charge is 2.18. The van der Waals surface area contributed by atoms with Crippen molar-refractivity contribution in [3.05, 3.63) is 0 Å². The standard InChI is InChI=1S/C16H31N3O2/c1-2-8-18-9-3-4-15(6-10-18)17-7-5-16(20)19-11-13-21-14-12-19/h15,17H,2-14H2,1H3. The van der Waals surface area contributed by atoms with Gasteiger partial charge in [0.2, 0.25) is 5.91 Å². The highest BCUT2D eigenvalue weighted by Crippen LogP contribution is 2.11. The Morgan fingerprint density at radius 1 is 1.19 bits per heavy atom. The van der Waals surface area contributed by atoms with Crippen molar-refractivity contribution < 1.29 is 9.53 Å². The van der Waals surface area contributed by atoms with E-state index in [0.29, 0.717) is 25.7 Å². The first-order valence-electron chi connectivity index (χ1n) is 8.61. The number of rotatable bonds is 6. The minimum Gasteiger partial charge on any atom is -0.378 e. The predicted molar refractivity (Wildman–Crippen MR) is 84.4 cm³/mol. The van der Waals surface area contributed by atoms with E-state index in [1.807, 2.05) is 4.90 Å². The van der Waals surface area contributed by atoms with Gasteiger partial charge in [-0.2, -0.15) is 0 Å². The van der Waals surface area contributed by atoms with Crippen LogP contribution in [0.15, 0.2) is 0 Å². The SMILES string of the molecule is CCCN1CCCC(NCCC(=O)N2CCOCC2)CC1. The molecule has 2 rings (SSSR count). The van der Waals surface area contributed by atoms with Gasteiger partial charge in [0, 0.05) is 32.1 Å². The third-order valence-electron chi connectivity index (χ3n) is 4.50. The highest BCUT2D eigenvalue weighted by atomic mass is 16.5. The van der Waals surface area contributed by atoms with Crippen molar-refractivity contribution in [2.75, 3.05) is 52.5 Å². The number of hydrogen-bond acceptors (Lipinski definition) is 4. The molecule has 1 N–H and O–H groups in total. The molecule has 2 heterocycles. The number of nitrogens with zero attached hydrogens (tertiary/aromatic N) is 2. The highest BCUT2D eigenvalue weighted by molar-refractivity contribution is 5.76. The lowest BCUT2D eigenvalue weighted by atomic mass is 10.1. The molecule has 1 unspecified atom stereocenters. The van der Waals surface area contributed by atoms with Crippen molar-refractivity contribution in [2.24, 2.45) is 0 Å². The van der Waals surface area contributed by atoms with E-state index in [4.69, 9.17) is 4.74 Å². The van der Waals surface area contributed by atoms with E-state index in [-0.39, 0.29) is 5.91 Å². The van der Waals surface area contributed by atoms with Gasteiger partial charge in [-0.25, -0.2) is 0 Å². The summed E-state index contributed by atoms with van der Waals surface area (Å²) >= 11 is 0. The molecule has 1 atom stereocenters. The number of hydrogen-bond donors (Lipinski definition) is 1. The van der Waals surface area contributed by atoms with Gasteiger partial charge in [0.1, 0.15) is 0 Å². The lowest BCUT2D eigenvalue weighted by molar-refractivity contribution is -0.135. The van der Waals surface area contributed by atoms with Crippen LogP contribution in [0.2, 0.25) is 0 Å². The number of ether oxygens (including phenoxy) is 1. The van der Waals surface area contributed by atoms with Crippen LogP contribution in [0.25, 0.3) is 0 Å². The van der Waals surface area contributed by atoms with Crippen molar-refractivity contribution >= 4 is 5.91 Å². The molecule has 0 aromatic carbocycles. The van der Waals surface area contributed by atoms with E-state index in [0.717, 1.165) is 19.6 Å². The molecule has 2 saturated heterocycles. The summed E-state index contributed by atoms with van der Waals surface area (Å²) in [7, 11) is 0. The second kappa shape index (κ2) is 9.38. The Labute approximate surface area is 129 Å². The van der Waals surface area contributed by atoms with Crippen LogP contribution in [0, 0.1) is 0 Å². The largest absolute Gasteiger partial charge is 0.378 e. The van der Waals surface area contributed by atoms with Crippen LogP contribution in [-0.2, 0) is 9.53 Å². The Hall–Kier alpha value is -0.650. The topological polar surface area (TPSA) is 44.8 Å². The molecule has 0 bridgehead atoms. The minimum absolute atomic E-state index is 0.270. The molecule has 0 spiro atoms. The van der Waals surface area contributed by atoms with Crippen molar-refractivity contribution in [3.63, 3.8) is 0 Å². The fourth-order valence-electron chi connectivity index (χ4n) is 3.25. The molecule has 0 aromatic heterocycles. The van der Waals surface area contributed by atoms with E-state index in [1.54, 1.807) is 0 Å². The second-order valence-electron chi connectivity index (χ2n) is 6.17. The van der Waals surface area contributed by atoms with Gasteiger partial charge in [0.15, 0.2) is 0 Å². The van der Waals surface area contributed by atoms with Crippen molar-refractivity contribution in [2.45, 2.75) is 45.1 Å². The maximum absolute atomic E-state index is 12.1. The molecule has 0 saturated carbocycles. The summed E-state index contributed by atoms with van der Waals surface area (Å²) in [5, 5.41) is 3.59. The molecule has 0 aromatic rings. The van der Waals surface area contributed by atoms with Crippen molar-refractivity contribution in [1.29, 1.82) is 0 Å². The lowest BCUT2D eigenvalue weighted by Gasteiger charge is -2.27. The molecule has 5 nitrogen and oxygen atoms in total. The summed E-state index contributed by atoms with van der Waals surface area (Å²) in [6, 6.07) is 0.587. The zero-order valence-corrected chi connectivity index (χ0v) is 13.5. The molecule has 0 radical (unpaired) electrons. The fourth-order valence-corrected chi connectivity index (χ4v) is 3.25. The van der Waals surface area contributed by atoms with Gasteiger partial charge in [-0.15, -0.1) is 0 Å². The molecule has 2 aliphatic rings. The summed E-state index contributed by atoms with van der Waals surface area (Å²) in [5.74, 6) is 0.270. The van der Waals surface area contributed by atoms with Gasteiger partial charge in [-0.3, -0.25) is 4.79 Å². The first-order chi connectivity index (χ1) is 10.3. The molecule has 122 valence electrons. The van der Waals surface area contributed by atoms with Crippen LogP contribution in [0.4, 0.5) is 0 Å². The maximum atomic E-state index is 12.1. The zero-order chi connectivity index (χ0) is 14.9. The van der Waals surface area contributed by atoms with Crippen LogP contribution in [-0.4, -0.2) is 74.2 Å². The smallest absolute Gasteiger partial charge is 0.224 e. The van der Waals surface area contributed by atoms with Crippen LogP contribution >= 0.6 is 0 Å². The number of nitrogens with one attached hydrogen (secondary N) is 1. The molecule has 2 aliphatic heterocycles. The summed E-state index contributed by atoms with van der Waals surface area (Å²) in [6.45, 7) is 9.61. The van der Waals surface area contributed by atoms with Gasteiger partial charge in [-0.05, 0) is 45.3 Å². The van der Waals surface area contributed by atoms with Gasteiger partial charge in [0.25, 0.3) is 0 Å². The maximum Gasteiger partial charge on any atom is 0.224 e. The summed E-state index contributed by atoms with van der Waals surface area (Å²) in [6.07, 6.45) is 5.59. The Morgan fingerprint density at radius 2 is 2.00 bits per heavy atom. The van der Waals surface area contributed by atoms with Crippen LogP contribution in [0.5, 0.6) is 0 Å². The van der Waals surface area contributed by atoms with Crippen molar-refractivity contribution in [3.8, 4) is 0 Å². The monoisotopic (exact) mass is 297 g/mol. The summed E-state index contributed by atoms with van der Waals surface area (Å²) in [4.78, 5) is 16.6. The molecule has 2 fully saturated rings. The Bertz CT molecular complexity index is 306. The van der Waals surface area contributed by atoms with Gasteiger partial charge < -0.3 is 19.9 Å². The number of carbonyl (C=O) groups excluding carboxylic acids is 1. The van der Waals surface area contributed by atoms with E-state index in [2.05, 4.69) is 17.1 Å². The Balaban J connectivity index is 1.60. The molecule has 0 aliphatic carbocycles. The van der Waals surface area contributed by atoms with Gasteiger partial charge in [0.05, 0.1) is 13.2 Å². The number of morpholine rings is 1. The minimum atomic E-state index is 0.270. The molecular weight excluding hydrogens is 266 g/mol. The van der Waals surface area contributed by atoms with E-state index in [9.17, 15) is 4.79 Å². The number of carbonyl (C=O) groups is 1. The van der Waals surface area contributed by atoms with Crippen molar-refractivity contribution in [1.82, 2.24) is 15.1 Å². The zero-order valence-electron chi connectivity index (χ0n) is 13.5. The third kappa shape index (κ3) is 5.93. The summed E-state index contributed by atoms with van der Waals surface area (Å²) in [5.41, 5.74) is 0. The first kappa shape index (κ1) is 16.7. The normalized spacial score (nSPS) is 24.8. The fraction of sp³-hybridized carbons (Fsp3) is 0.938. The summed E-state index contributed by atoms with van der Waals surface area (Å²) < 4.78 is 5.28. The van der Waals surface area contributed by atoms with E-state index >= 15 is 0 Å². The predicted octanol–water partition coefficient (Wildman–Crippen LogP) is 1.09. The van der Waals surface area contributed by atoms with E-state index in [1.165, 1.54) is 45.3 Å². The van der Waals surface area contributed by atoms with E-state index < -0.39 is 0 Å². The molecular formula is C16H31N3O2. The van der Waals surface area contributed by atoms with Gasteiger partial charge >= 0.3 is 0 Å².